The van der Waals surface area contributed by atoms with Gasteiger partial charge in [-0.2, -0.15) is 0 Å². The number of carbonyl (C=O) groups is 2. The average molecular weight is 302 g/mol. The van der Waals surface area contributed by atoms with Crippen molar-refractivity contribution in [2.24, 2.45) is 5.41 Å². The normalized spacial score (nSPS) is 16.9. The molecule has 7 heteroatoms. The van der Waals surface area contributed by atoms with Gasteiger partial charge in [0.05, 0.1) is 18.6 Å². The van der Waals surface area contributed by atoms with Crippen LogP contribution in [0.15, 0.2) is 0 Å². The number of aliphatic hydroxyl groups is 2. The molecule has 1 aliphatic heterocycles. The van der Waals surface area contributed by atoms with Crippen molar-refractivity contribution >= 4 is 12.0 Å². The molecule has 0 spiro atoms. The van der Waals surface area contributed by atoms with Gasteiger partial charge in [-0.1, -0.05) is 0 Å². The Labute approximate surface area is 125 Å². The van der Waals surface area contributed by atoms with Crippen LogP contribution in [0.1, 0.15) is 27.7 Å². The van der Waals surface area contributed by atoms with Crippen molar-refractivity contribution in [2.75, 3.05) is 39.4 Å². The molecule has 1 rings (SSSR count). The third-order valence-electron chi connectivity index (χ3n) is 3.43. The molecule has 0 aliphatic carbocycles. The van der Waals surface area contributed by atoms with Gasteiger partial charge in [0.15, 0.2) is 0 Å². The number of ether oxygens (including phenoxy) is 1. The largest absolute Gasteiger partial charge is 0.444 e. The van der Waals surface area contributed by atoms with Crippen molar-refractivity contribution in [3.8, 4) is 0 Å². The zero-order valence-corrected chi connectivity index (χ0v) is 13.3. The number of piperazine rings is 1. The maximum absolute atomic E-state index is 12.3. The van der Waals surface area contributed by atoms with Gasteiger partial charge < -0.3 is 24.7 Å². The number of nitrogens with zero attached hydrogens (tertiary/aromatic N) is 2. The van der Waals surface area contributed by atoms with Gasteiger partial charge >= 0.3 is 6.09 Å². The molecule has 0 radical (unpaired) electrons. The highest BCUT2D eigenvalue weighted by Crippen LogP contribution is 2.20. The molecule has 0 aromatic rings. The number of hydrogen-bond acceptors (Lipinski definition) is 5. The predicted octanol–water partition coefficient (Wildman–Crippen LogP) is 0.0566. The van der Waals surface area contributed by atoms with E-state index in [1.165, 1.54) is 6.92 Å². The zero-order chi connectivity index (χ0) is 16.3. The third kappa shape index (κ3) is 4.57. The Hall–Kier alpha value is -1.34. The van der Waals surface area contributed by atoms with Crippen LogP contribution in [0.25, 0.3) is 0 Å². The summed E-state index contributed by atoms with van der Waals surface area (Å²) in [6.07, 6.45) is -0.387. The quantitative estimate of drug-likeness (QED) is 0.769. The van der Waals surface area contributed by atoms with Crippen LogP contribution in [-0.4, -0.2) is 77.0 Å². The van der Waals surface area contributed by atoms with Crippen molar-refractivity contribution in [1.29, 1.82) is 0 Å². The van der Waals surface area contributed by atoms with Crippen LogP contribution >= 0.6 is 0 Å². The maximum Gasteiger partial charge on any atom is 0.410 e. The first-order valence-corrected chi connectivity index (χ1v) is 7.12. The molecule has 122 valence electrons. The van der Waals surface area contributed by atoms with Crippen LogP contribution in [0.2, 0.25) is 0 Å². The lowest BCUT2D eigenvalue weighted by Gasteiger charge is -2.38. The Bertz CT molecular complexity index is 379. The first kappa shape index (κ1) is 17.7. The van der Waals surface area contributed by atoms with Gasteiger partial charge in [0, 0.05) is 26.2 Å². The molecule has 21 heavy (non-hydrogen) atoms. The first-order valence-electron chi connectivity index (χ1n) is 7.12. The molecule has 1 saturated heterocycles. The van der Waals surface area contributed by atoms with E-state index < -0.39 is 24.2 Å². The predicted molar refractivity (Wildman–Crippen MR) is 76.7 cm³/mol. The van der Waals surface area contributed by atoms with Crippen molar-refractivity contribution in [1.82, 2.24) is 9.80 Å². The molecule has 0 bridgehead atoms. The lowest BCUT2D eigenvalue weighted by atomic mass is 9.91. The summed E-state index contributed by atoms with van der Waals surface area (Å²) in [6, 6.07) is 0. The molecular formula is C14H26N2O5. The van der Waals surface area contributed by atoms with Crippen LogP contribution < -0.4 is 0 Å². The minimum absolute atomic E-state index is 0.295. The number of amides is 2. The van der Waals surface area contributed by atoms with Gasteiger partial charge in [0.1, 0.15) is 5.60 Å². The Balaban J connectivity index is 2.56. The summed E-state index contributed by atoms with van der Waals surface area (Å²) in [5.74, 6) is -0.295. The Morgan fingerprint density at radius 2 is 1.38 bits per heavy atom. The summed E-state index contributed by atoms with van der Waals surface area (Å²) < 4.78 is 5.29. The van der Waals surface area contributed by atoms with E-state index in [-0.39, 0.29) is 12.0 Å². The highest BCUT2D eigenvalue weighted by molar-refractivity contribution is 5.83. The minimum atomic E-state index is -1.17. The number of rotatable bonds is 3. The Morgan fingerprint density at radius 3 is 1.76 bits per heavy atom. The van der Waals surface area contributed by atoms with Crippen LogP contribution in [0.3, 0.4) is 0 Å². The van der Waals surface area contributed by atoms with Crippen LogP contribution in [0, 0.1) is 5.41 Å². The fourth-order valence-electron chi connectivity index (χ4n) is 1.99. The van der Waals surface area contributed by atoms with Gasteiger partial charge in [0.2, 0.25) is 5.91 Å². The molecule has 2 amide bonds. The van der Waals surface area contributed by atoms with Crippen LogP contribution in [-0.2, 0) is 9.53 Å². The molecule has 0 aromatic carbocycles. The smallest absolute Gasteiger partial charge is 0.410 e. The summed E-state index contributed by atoms with van der Waals surface area (Å²) in [7, 11) is 0. The molecule has 0 aromatic heterocycles. The van der Waals surface area contributed by atoms with E-state index in [4.69, 9.17) is 4.74 Å². The Kier molecular flexibility index (Phi) is 5.58. The highest BCUT2D eigenvalue weighted by atomic mass is 16.6. The lowest BCUT2D eigenvalue weighted by molar-refractivity contribution is -0.148. The Morgan fingerprint density at radius 1 is 0.952 bits per heavy atom. The summed E-state index contributed by atoms with van der Waals surface area (Å²) in [5, 5.41) is 18.5. The van der Waals surface area contributed by atoms with Crippen LogP contribution in [0.4, 0.5) is 4.79 Å². The van der Waals surface area contributed by atoms with Crippen molar-refractivity contribution in [2.45, 2.75) is 33.3 Å². The zero-order valence-electron chi connectivity index (χ0n) is 13.3. The van der Waals surface area contributed by atoms with E-state index in [1.807, 2.05) is 0 Å². The van der Waals surface area contributed by atoms with Crippen molar-refractivity contribution in [3.05, 3.63) is 0 Å². The van der Waals surface area contributed by atoms with Gasteiger partial charge in [-0.25, -0.2) is 4.79 Å². The summed E-state index contributed by atoms with van der Waals surface area (Å²) in [5.41, 5.74) is -1.72. The van der Waals surface area contributed by atoms with E-state index in [9.17, 15) is 19.8 Å². The van der Waals surface area contributed by atoms with Gasteiger partial charge in [-0.05, 0) is 27.7 Å². The summed E-state index contributed by atoms with van der Waals surface area (Å²) in [4.78, 5) is 27.3. The topological polar surface area (TPSA) is 90.3 Å². The second-order valence-corrected chi connectivity index (χ2v) is 6.64. The van der Waals surface area contributed by atoms with Gasteiger partial charge in [-0.3, -0.25) is 4.79 Å². The van der Waals surface area contributed by atoms with Crippen molar-refractivity contribution < 1.29 is 24.5 Å². The first-order chi connectivity index (χ1) is 9.63. The molecule has 0 unspecified atom stereocenters. The molecule has 0 atom stereocenters. The fourth-order valence-corrected chi connectivity index (χ4v) is 1.99. The average Bonchev–Trinajstić information content (AvgIpc) is 2.44. The number of carbonyl (C=O) groups excluding carboxylic acids is 2. The van der Waals surface area contributed by atoms with Crippen molar-refractivity contribution in [3.63, 3.8) is 0 Å². The highest BCUT2D eigenvalue weighted by Gasteiger charge is 2.37. The summed E-state index contributed by atoms with van der Waals surface area (Å²) in [6.45, 7) is 7.62. The molecule has 1 fully saturated rings. The molecule has 0 saturated carbocycles. The van der Waals surface area contributed by atoms with E-state index in [0.29, 0.717) is 26.2 Å². The van der Waals surface area contributed by atoms with E-state index in [2.05, 4.69) is 0 Å². The minimum Gasteiger partial charge on any atom is -0.444 e. The maximum atomic E-state index is 12.3. The number of hydrogen-bond donors (Lipinski definition) is 2. The second kappa shape index (κ2) is 6.62. The number of aliphatic hydroxyl groups excluding tert-OH is 2. The molecular weight excluding hydrogens is 276 g/mol. The molecule has 1 heterocycles. The molecule has 7 nitrogen and oxygen atoms in total. The van der Waals surface area contributed by atoms with E-state index in [1.54, 1.807) is 30.6 Å². The lowest BCUT2D eigenvalue weighted by Crippen LogP contribution is -2.55. The third-order valence-corrected chi connectivity index (χ3v) is 3.43. The fraction of sp³-hybridized carbons (Fsp3) is 0.857. The SMILES string of the molecule is CC(C)(C)OC(=O)N1CCN(C(=O)C(C)(CO)CO)CC1. The standard InChI is InChI=1S/C14H26N2O5/c1-13(2,3)21-12(20)16-7-5-15(6-8-16)11(19)14(4,9-17)10-18/h17-18H,5-10H2,1-4H3. The summed E-state index contributed by atoms with van der Waals surface area (Å²) >= 11 is 0. The second-order valence-electron chi connectivity index (χ2n) is 6.64. The molecule has 2 N–H and O–H groups in total. The van der Waals surface area contributed by atoms with Gasteiger partial charge in [0.25, 0.3) is 0 Å². The van der Waals surface area contributed by atoms with Gasteiger partial charge in [-0.15, -0.1) is 0 Å². The van der Waals surface area contributed by atoms with E-state index >= 15 is 0 Å². The van der Waals surface area contributed by atoms with Crippen LogP contribution in [0.5, 0.6) is 0 Å². The molecule has 1 aliphatic rings. The monoisotopic (exact) mass is 302 g/mol. The van der Waals surface area contributed by atoms with E-state index in [0.717, 1.165) is 0 Å².